The molecule has 0 radical (unpaired) electrons. The summed E-state index contributed by atoms with van der Waals surface area (Å²) < 4.78 is 5.42. The van der Waals surface area contributed by atoms with E-state index >= 15 is 0 Å². The first-order chi connectivity index (χ1) is 15.6. The molecule has 2 fully saturated rings. The molecule has 2 N–H and O–H groups in total. The van der Waals surface area contributed by atoms with Crippen molar-refractivity contribution in [1.29, 1.82) is 0 Å². The van der Waals surface area contributed by atoms with Gasteiger partial charge in [-0.15, -0.1) is 0 Å². The number of allylic oxidation sites excluding steroid dienone is 2. The minimum atomic E-state index is -0.497. The lowest BCUT2D eigenvalue weighted by atomic mass is 9.88. The van der Waals surface area contributed by atoms with Gasteiger partial charge in [0.1, 0.15) is 0 Å². The van der Waals surface area contributed by atoms with Gasteiger partial charge in [-0.2, -0.15) is 0 Å². The Labute approximate surface area is 194 Å². The number of benzene rings is 1. The molecule has 5 atom stereocenters. The molecule has 4 nitrogen and oxygen atoms in total. The minimum absolute atomic E-state index is 0.169. The van der Waals surface area contributed by atoms with Crippen LogP contribution in [-0.4, -0.2) is 60.2 Å². The van der Waals surface area contributed by atoms with E-state index in [1.54, 1.807) is 5.57 Å². The molecule has 1 heterocycles. The topological polar surface area (TPSA) is 52.9 Å². The molecule has 0 amide bonds. The molecule has 1 aromatic rings. The number of fused-ring (bicyclic) bond motifs is 1. The number of hydrogen-bond donors (Lipinski definition) is 2. The van der Waals surface area contributed by atoms with Crippen molar-refractivity contribution in [3.63, 3.8) is 0 Å². The van der Waals surface area contributed by atoms with Gasteiger partial charge in [-0.1, -0.05) is 60.1 Å². The standard InChI is InChI=1S/C28H41NO3/c1-21-6-5-8-22(16-21)18-25(30)9-10-26-27-19-23(17-24(27)20-28(26)31)7-3-2-4-11-29-12-14-32-15-13-29/h5-6,8-10,16-17,24-28,30-31H,2-4,7,11-15,18-20H2,1H3/t24-,25+,26-,27+,28?/m1/s1. The predicted molar refractivity (Wildman–Crippen MR) is 130 cm³/mol. The van der Waals surface area contributed by atoms with E-state index in [0.717, 1.165) is 44.7 Å². The lowest BCUT2D eigenvalue weighted by Gasteiger charge is -2.26. The van der Waals surface area contributed by atoms with Crippen LogP contribution in [0.2, 0.25) is 0 Å². The summed E-state index contributed by atoms with van der Waals surface area (Å²) >= 11 is 0. The largest absolute Gasteiger partial charge is 0.392 e. The van der Waals surface area contributed by atoms with Gasteiger partial charge in [0.15, 0.2) is 0 Å². The maximum absolute atomic E-state index is 10.6. The summed E-state index contributed by atoms with van der Waals surface area (Å²) in [6, 6.07) is 8.32. The highest BCUT2D eigenvalue weighted by Crippen LogP contribution is 2.48. The lowest BCUT2D eigenvalue weighted by Crippen LogP contribution is -2.36. The molecule has 1 aromatic carbocycles. The molecule has 1 saturated carbocycles. The Balaban J connectivity index is 1.19. The van der Waals surface area contributed by atoms with Gasteiger partial charge in [0.05, 0.1) is 25.4 Å². The van der Waals surface area contributed by atoms with E-state index in [1.807, 2.05) is 12.1 Å². The van der Waals surface area contributed by atoms with E-state index in [-0.39, 0.29) is 12.0 Å². The van der Waals surface area contributed by atoms with Crippen LogP contribution in [-0.2, 0) is 11.2 Å². The predicted octanol–water partition coefficient (Wildman–Crippen LogP) is 4.29. The Hall–Kier alpha value is -1.46. The summed E-state index contributed by atoms with van der Waals surface area (Å²) in [6.45, 7) is 7.24. The summed E-state index contributed by atoms with van der Waals surface area (Å²) in [5, 5.41) is 21.1. The summed E-state index contributed by atoms with van der Waals surface area (Å²) in [5.41, 5.74) is 3.97. The molecular weight excluding hydrogens is 398 g/mol. The second kappa shape index (κ2) is 11.6. The first kappa shape index (κ1) is 23.7. The lowest BCUT2D eigenvalue weighted by molar-refractivity contribution is 0.0371. The molecule has 32 heavy (non-hydrogen) atoms. The maximum atomic E-state index is 10.6. The van der Waals surface area contributed by atoms with Crippen LogP contribution < -0.4 is 0 Å². The Kier molecular flexibility index (Phi) is 8.59. The first-order valence-electron chi connectivity index (χ1n) is 12.7. The third kappa shape index (κ3) is 6.54. The fraction of sp³-hybridized carbons (Fsp3) is 0.643. The third-order valence-corrected chi connectivity index (χ3v) is 7.61. The van der Waals surface area contributed by atoms with Crippen LogP contribution in [0, 0.1) is 24.7 Å². The van der Waals surface area contributed by atoms with Gasteiger partial charge in [-0.25, -0.2) is 0 Å². The van der Waals surface area contributed by atoms with Crippen molar-refractivity contribution >= 4 is 0 Å². The molecule has 176 valence electrons. The van der Waals surface area contributed by atoms with E-state index in [1.165, 1.54) is 37.8 Å². The van der Waals surface area contributed by atoms with Gasteiger partial charge < -0.3 is 14.9 Å². The molecule has 0 aromatic heterocycles. The summed E-state index contributed by atoms with van der Waals surface area (Å²) in [5.74, 6) is 1.19. The van der Waals surface area contributed by atoms with Gasteiger partial charge in [-0.05, 0) is 63.0 Å². The number of ether oxygens (including phenoxy) is 1. The number of nitrogens with zero attached hydrogens (tertiary/aromatic N) is 1. The van der Waals surface area contributed by atoms with Crippen LogP contribution in [0.4, 0.5) is 0 Å². The number of aryl methyl sites for hydroxylation is 1. The van der Waals surface area contributed by atoms with Crippen molar-refractivity contribution in [1.82, 2.24) is 4.90 Å². The molecule has 1 aliphatic heterocycles. The van der Waals surface area contributed by atoms with Crippen molar-refractivity contribution in [2.45, 2.75) is 64.1 Å². The number of unbranched alkanes of at least 4 members (excludes halogenated alkanes) is 2. The van der Waals surface area contributed by atoms with Crippen LogP contribution in [0.1, 0.15) is 49.7 Å². The first-order valence-corrected chi connectivity index (χ1v) is 12.7. The number of rotatable bonds is 10. The molecule has 3 aliphatic rings. The zero-order valence-corrected chi connectivity index (χ0v) is 19.7. The molecule has 4 heteroatoms. The van der Waals surface area contributed by atoms with E-state index in [4.69, 9.17) is 4.74 Å². The van der Waals surface area contributed by atoms with E-state index in [2.05, 4.69) is 42.2 Å². The van der Waals surface area contributed by atoms with Gasteiger partial charge >= 0.3 is 0 Å². The highest BCUT2D eigenvalue weighted by Gasteiger charge is 2.43. The zero-order chi connectivity index (χ0) is 22.3. The fourth-order valence-electron chi connectivity index (χ4n) is 5.88. The second-order valence-corrected chi connectivity index (χ2v) is 10.1. The van der Waals surface area contributed by atoms with Gasteiger partial charge in [0, 0.05) is 25.4 Å². The molecule has 1 unspecified atom stereocenters. The summed E-state index contributed by atoms with van der Waals surface area (Å²) in [7, 11) is 0. The van der Waals surface area contributed by atoms with E-state index in [0.29, 0.717) is 18.3 Å². The summed E-state index contributed by atoms with van der Waals surface area (Å²) in [4.78, 5) is 2.52. The highest BCUT2D eigenvalue weighted by atomic mass is 16.5. The Morgan fingerprint density at radius 2 is 2.03 bits per heavy atom. The van der Waals surface area contributed by atoms with E-state index in [9.17, 15) is 10.2 Å². The summed E-state index contributed by atoms with van der Waals surface area (Å²) in [6.07, 6.45) is 13.4. The smallest absolute Gasteiger partial charge is 0.0761 e. The minimum Gasteiger partial charge on any atom is -0.392 e. The maximum Gasteiger partial charge on any atom is 0.0761 e. The van der Waals surface area contributed by atoms with Crippen molar-refractivity contribution in [2.75, 3.05) is 32.8 Å². The molecular formula is C28H41NO3. The van der Waals surface area contributed by atoms with Crippen molar-refractivity contribution in [3.8, 4) is 0 Å². The van der Waals surface area contributed by atoms with Crippen molar-refractivity contribution < 1.29 is 14.9 Å². The Morgan fingerprint density at radius 3 is 2.84 bits per heavy atom. The zero-order valence-electron chi connectivity index (χ0n) is 19.7. The SMILES string of the molecule is Cc1cccc(C[C@@H](O)C=C[C@H]2C(O)C[C@H]3C=C(CCCCCN4CCOCC4)C[C@@H]32)c1. The normalized spacial score (nSPS) is 29.4. The molecule has 0 bridgehead atoms. The van der Waals surface area contributed by atoms with Crippen LogP contribution in [0.3, 0.4) is 0 Å². The van der Waals surface area contributed by atoms with Crippen LogP contribution in [0.25, 0.3) is 0 Å². The van der Waals surface area contributed by atoms with Crippen molar-refractivity contribution in [3.05, 3.63) is 59.2 Å². The second-order valence-electron chi connectivity index (χ2n) is 10.1. The number of aliphatic hydroxyl groups excluding tert-OH is 2. The molecule has 2 aliphatic carbocycles. The average molecular weight is 440 g/mol. The Bertz CT molecular complexity index is 783. The number of aliphatic hydroxyl groups is 2. The van der Waals surface area contributed by atoms with E-state index < -0.39 is 6.10 Å². The van der Waals surface area contributed by atoms with Crippen LogP contribution >= 0.6 is 0 Å². The molecule has 4 rings (SSSR count). The van der Waals surface area contributed by atoms with Crippen LogP contribution in [0.5, 0.6) is 0 Å². The van der Waals surface area contributed by atoms with Crippen molar-refractivity contribution in [2.24, 2.45) is 17.8 Å². The number of morpholine rings is 1. The Morgan fingerprint density at radius 1 is 1.19 bits per heavy atom. The van der Waals surface area contributed by atoms with Gasteiger partial charge in [0.2, 0.25) is 0 Å². The fourth-order valence-corrected chi connectivity index (χ4v) is 5.88. The average Bonchev–Trinajstić information content (AvgIpc) is 3.29. The van der Waals surface area contributed by atoms with Crippen LogP contribution in [0.15, 0.2) is 48.1 Å². The van der Waals surface area contributed by atoms with Gasteiger partial charge in [-0.3, -0.25) is 4.90 Å². The molecule has 0 spiro atoms. The molecule has 1 saturated heterocycles. The quantitative estimate of drug-likeness (QED) is 0.422. The van der Waals surface area contributed by atoms with Gasteiger partial charge in [0.25, 0.3) is 0 Å². The third-order valence-electron chi connectivity index (χ3n) is 7.61. The monoisotopic (exact) mass is 439 g/mol. The highest BCUT2D eigenvalue weighted by molar-refractivity contribution is 5.24. The number of hydrogen-bond acceptors (Lipinski definition) is 4.